The molecule has 2 aromatic carbocycles. The van der Waals surface area contributed by atoms with Crippen LogP contribution in [0.1, 0.15) is 11.1 Å². The topological polar surface area (TPSA) is 15.8 Å². The summed E-state index contributed by atoms with van der Waals surface area (Å²) in [6.45, 7) is 4.13. The Bertz CT molecular complexity index is 686. The zero-order chi connectivity index (χ0) is 12.7. The van der Waals surface area contributed by atoms with Crippen LogP contribution in [0, 0.1) is 19.7 Å². The lowest BCUT2D eigenvalue weighted by Gasteiger charge is -1.99. The van der Waals surface area contributed by atoms with E-state index >= 15 is 0 Å². The summed E-state index contributed by atoms with van der Waals surface area (Å²) in [6.07, 6.45) is 0. The lowest BCUT2D eigenvalue weighted by atomic mass is 10.1. The summed E-state index contributed by atoms with van der Waals surface area (Å²) in [4.78, 5) is 3.32. The smallest absolute Gasteiger partial charge is 0.132 e. The summed E-state index contributed by atoms with van der Waals surface area (Å²) in [6, 6.07) is 13.0. The minimum absolute atomic E-state index is 0.195. The van der Waals surface area contributed by atoms with E-state index in [-0.39, 0.29) is 5.82 Å². The number of aromatic amines is 1. The lowest BCUT2D eigenvalue weighted by molar-refractivity contribution is 0.631. The van der Waals surface area contributed by atoms with Crippen molar-refractivity contribution in [2.75, 3.05) is 0 Å². The first kappa shape index (κ1) is 11.0. The monoisotopic (exact) mass is 239 g/mol. The Morgan fingerprint density at radius 2 is 1.67 bits per heavy atom. The maximum Gasteiger partial charge on any atom is 0.132 e. The highest BCUT2D eigenvalue weighted by atomic mass is 19.1. The van der Waals surface area contributed by atoms with Crippen LogP contribution in [0.4, 0.5) is 4.39 Å². The molecule has 1 N–H and O–H groups in total. The van der Waals surface area contributed by atoms with E-state index < -0.39 is 0 Å². The van der Waals surface area contributed by atoms with Crippen LogP contribution in [0.5, 0.6) is 0 Å². The fraction of sp³-hybridized carbons (Fsp3) is 0.125. The molecule has 0 amide bonds. The van der Waals surface area contributed by atoms with Crippen molar-refractivity contribution in [3.8, 4) is 11.3 Å². The molecule has 1 heterocycles. The first-order valence-corrected chi connectivity index (χ1v) is 6.00. The van der Waals surface area contributed by atoms with Crippen LogP contribution in [0.15, 0.2) is 42.5 Å². The van der Waals surface area contributed by atoms with E-state index in [2.05, 4.69) is 31.0 Å². The van der Waals surface area contributed by atoms with Gasteiger partial charge in [-0.25, -0.2) is 4.39 Å². The highest BCUT2D eigenvalue weighted by Crippen LogP contribution is 2.29. The molecule has 1 nitrogen and oxygen atoms in total. The highest BCUT2D eigenvalue weighted by molar-refractivity contribution is 5.90. The minimum Gasteiger partial charge on any atom is -0.354 e. The largest absolute Gasteiger partial charge is 0.354 e. The molecular weight excluding hydrogens is 225 g/mol. The second-order valence-corrected chi connectivity index (χ2v) is 4.65. The number of nitrogens with one attached hydrogen (secondary N) is 1. The maximum atomic E-state index is 13.8. The van der Waals surface area contributed by atoms with Gasteiger partial charge in [-0.2, -0.15) is 0 Å². The Morgan fingerprint density at radius 3 is 2.39 bits per heavy atom. The summed E-state index contributed by atoms with van der Waals surface area (Å²) < 4.78 is 13.8. The third-order valence-corrected chi connectivity index (χ3v) is 3.38. The molecule has 0 radical (unpaired) electrons. The molecule has 18 heavy (non-hydrogen) atoms. The second-order valence-electron chi connectivity index (χ2n) is 4.65. The van der Waals surface area contributed by atoms with Crippen LogP contribution in [-0.2, 0) is 0 Å². The van der Waals surface area contributed by atoms with Gasteiger partial charge in [0.2, 0.25) is 0 Å². The fourth-order valence-electron chi connectivity index (χ4n) is 2.32. The van der Waals surface area contributed by atoms with Crippen molar-refractivity contribution in [3.63, 3.8) is 0 Å². The predicted octanol–water partition coefficient (Wildman–Crippen LogP) is 4.59. The van der Waals surface area contributed by atoms with Crippen LogP contribution < -0.4 is 0 Å². The van der Waals surface area contributed by atoms with Crippen LogP contribution in [0.2, 0.25) is 0 Å². The first-order chi connectivity index (χ1) is 8.66. The third kappa shape index (κ3) is 1.61. The molecule has 0 fully saturated rings. The molecule has 3 aromatic rings. The van der Waals surface area contributed by atoms with Gasteiger partial charge in [0, 0.05) is 22.2 Å². The van der Waals surface area contributed by atoms with Crippen molar-refractivity contribution < 1.29 is 4.39 Å². The molecule has 0 saturated carbocycles. The number of hydrogen-bond donors (Lipinski definition) is 1. The van der Waals surface area contributed by atoms with Gasteiger partial charge in [-0.15, -0.1) is 0 Å². The quantitative estimate of drug-likeness (QED) is 0.639. The van der Waals surface area contributed by atoms with Crippen molar-refractivity contribution in [2.24, 2.45) is 0 Å². The van der Waals surface area contributed by atoms with E-state index in [1.807, 2.05) is 12.1 Å². The van der Waals surface area contributed by atoms with E-state index in [1.165, 1.54) is 17.2 Å². The molecule has 0 aliphatic heterocycles. The molecule has 90 valence electrons. The summed E-state index contributed by atoms with van der Waals surface area (Å²) in [7, 11) is 0. The molecule has 1 aromatic heterocycles. The summed E-state index contributed by atoms with van der Waals surface area (Å²) in [5.41, 5.74) is 4.92. The average molecular weight is 239 g/mol. The maximum absolute atomic E-state index is 13.8. The summed E-state index contributed by atoms with van der Waals surface area (Å²) in [5.74, 6) is -0.195. The van der Waals surface area contributed by atoms with Gasteiger partial charge in [-0.05, 0) is 43.2 Å². The third-order valence-electron chi connectivity index (χ3n) is 3.38. The molecule has 0 unspecified atom stereocenters. The second kappa shape index (κ2) is 3.98. The average Bonchev–Trinajstić information content (AvgIpc) is 2.80. The van der Waals surface area contributed by atoms with Crippen molar-refractivity contribution >= 4 is 10.9 Å². The van der Waals surface area contributed by atoms with Gasteiger partial charge in [0.1, 0.15) is 5.82 Å². The number of rotatable bonds is 1. The number of fused-ring (bicyclic) bond motifs is 1. The van der Waals surface area contributed by atoms with Gasteiger partial charge >= 0.3 is 0 Å². The predicted molar refractivity (Wildman–Crippen MR) is 73.2 cm³/mol. The Labute approximate surface area is 105 Å². The van der Waals surface area contributed by atoms with E-state index in [9.17, 15) is 4.39 Å². The minimum atomic E-state index is -0.195. The van der Waals surface area contributed by atoms with Crippen molar-refractivity contribution in [1.82, 2.24) is 4.98 Å². The lowest BCUT2D eigenvalue weighted by Crippen LogP contribution is -1.83. The van der Waals surface area contributed by atoms with Crippen LogP contribution in [0.3, 0.4) is 0 Å². The summed E-state index contributed by atoms with van der Waals surface area (Å²) >= 11 is 0. The molecule has 0 bridgehead atoms. The van der Waals surface area contributed by atoms with Crippen molar-refractivity contribution in [1.29, 1.82) is 0 Å². The Kier molecular flexibility index (Phi) is 2.44. The number of aryl methyl sites for hydroxylation is 2. The van der Waals surface area contributed by atoms with Gasteiger partial charge in [-0.1, -0.05) is 24.3 Å². The van der Waals surface area contributed by atoms with Gasteiger partial charge in [-0.3, -0.25) is 0 Å². The van der Waals surface area contributed by atoms with Crippen molar-refractivity contribution in [3.05, 3.63) is 59.4 Å². The number of aromatic nitrogens is 1. The molecule has 0 saturated heterocycles. The molecule has 2 heteroatoms. The van der Waals surface area contributed by atoms with Crippen LogP contribution in [-0.4, -0.2) is 4.98 Å². The van der Waals surface area contributed by atoms with Gasteiger partial charge < -0.3 is 4.98 Å². The van der Waals surface area contributed by atoms with E-state index in [0.717, 1.165) is 16.6 Å². The fourth-order valence-corrected chi connectivity index (χ4v) is 2.32. The standard InChI is InChI=1S/C16H14FN/c1-10-7-8-11(2)16-13(10)9-15(18-16)12-5-3-4-6-14(12)17/h3-9,18H,1-2H3. The zero-order valence-corrected chi connectivity index (χ0v) is 10.4. The van der Waals surface area contributed by atoms with Gasteiger partial charge in [0.05, 0.1) is 0 Å². The van der Waals surface area contributed by atoms with Crippen molar-refractivity contribution in [2.45, 2.75) is 13.8 Å². The Balaban J connectivity index is 2.29. The SMILES string of the molecule is Cc1ccc(C)c2[nH]c(-c3ccccc3F)cc12. The number of H-pyrrole nitrogens is 1. The Morgan fingerprint density at radius 1 is 0.944 bits per heavy atom. The molecule has 0 aliphatic rings. The molecule has 3 rings (SSSR count). The number of hydrogen-bond acceptors (Lipinski definition) is 0. The highest BCUT2D eigenvalue weighted by Gasteiger charge is 2.09. The molecule has 0 aliphatic carbocycles. The van der Waals surface area contributed by atoms with Gasteiger partial charge in [0.15, 0.2) is 0 Å². The molecular formula is C16H14FN. The number of benzene rings is 2. The Hall–Kier alpha value is -2.09. The first-order valence-electron chi connectivity index (χ1n) is 6.00. The summed E-state index contributed by atoms with van der Waals surface area (Å²) in [5, 5.41) is 1.16. The van der Waals surface area contributed by atoms with Crippen LogP contribution in [0.25, 0.3) is 22.2 Å². The van der Waals surface area contributed by atoms with Crippen LogP contribution >= 0.6 is 0 Å². The van der Waals surface area contributed by atoms with E-state index in [1.54, 1.807) is 12.1 Å². The van der Waals surface area contributed by atoms with E-state index in [4.69, 9.17) is 0 Å². The van der Waals surface area contributed by atoms with Gasteiger partial charge in [0.25, 0.3) is 0 Å². The van der Waals surface area contributed by atoms with E-state index in [0.29, 0.717) is 5.56 Å². The normalized spacial score (nSPS) is 11.1. The zero-order valence-electron chi connectivity index (χ0n) is 10.4. The molecule has 0 atom stereocenters. The molecule has 0 spiro atoms. The number of halogens is 1.